The monoisotopic (exact) mass is 236 g/mol. The molecule has 5 nitrogen and oxygen atoms in total. The van der Waals surface area contributed by atoms with E-state index in [1.807, 2.05) is 0 Å². The van der Waals surface area contributed by atoms with E-state index in [0.29, 0.717) is 19.0 Å². The molecule has 0 aliphatic carbocycles. The second-order valence-electron chi connectivity index (χ2n) is 3.95. The minimum atomic E-state index is -3.04. The molecule has 1 fully saturated rings. The van der Waals surface area contributed by atoms with Crippen molar-refractivity contribution in [3.8, 4) is 0 Å². The fourth-order valence-electron chi connectivity index (χ4n) is 1.60. The van der Waals surface area contributed by atoms with Crippen LogP contribution >= 0.6 is 0 Å². The zero-order chi connectivity index (χ0) is 11.1. The Labute approximate surface area is 91.6 Å². The predicted octanol–water partition coefficient (Wildman–Crippen LogP) is -0.448. The van der Waals surface area contributed by atoms with Crippen molar-refractivity contribution in [2.75, 3.05) is 39.1 Å². The molecule has 1 aliphatic heterocycles. The summed E-state index contributed by atoms with van der Waals surface area (Å²) in [7, 11) is -3.04. The Kier molecular flexibility index (Phi) is 5.52. The van der Waals surface area contributed by atoms with E-state index in [0.717, 1.165) is 26.2 Å². The van der Waals surface area contributed by atoms with Crippen LogP contribution in [0.25, 0.3) is 0 Å². The minimum absolute atomic E-state index is 0.451. The number of ether oxygens (including phenoxy) is 1. The molecule has 0 bridgehead atoms. The fraction of sp³-hybridized carbons (Fsp3) is 1.00. The molecule has 6 heteroatoms. The maximum absolute atomic E-state index is 10.7. The summed E-state index contributed by atoms with van der Waals surface area (Å²) in [5.74, 6) is 0.581. The second-order valence-corrected chi connectivity index (χ2v) is 5.79. The summed E-state index contributed by atoms with van der Waals surface area (Å²) in [6.45, 7) is 3.74. The van der Waals surface area contributed by atoms with Gasteiger partial charge in [0.15, 0.2) is 0 Å². The van der Waals surface area contributed by atoms with Gasteiger partial charge >= 0.3 is 0 Å². The van der Waals surface area contributed by atoms with Gasteiger partial charge in [-0.2, -0.15) is 0 Å². The molecular weight excluding hydrogens is 216 g/mol. The topological polar surface area (TPSA) is 67.4 Å². The normalized spacial score (nSPS) is 22.9. The summed E-state index contributed by atoms with van der Waals surface area (Å²) in [6, 6.07) is 0. The maximum atomic E-state index is 10.7. The highest BCUT2D eigenvalue weighted by atomic mass is 32.2. The lowest BCUT2D eigenvalue weighted by atomic mass is 10.0. The highest BCUT2D eigenvalue weighted by Gasteiger charge is 2.12. The number of hydrogen-bond donors (Lipinski definition) is 2. The van der Waals surface area contributed by atoms with Crippen LogP contribution in [0.2, 0.25) is 0 Å². The van der Waals surface area contributed by atoms with Crippen molar-refractivity contribution in [3.63, 3.8) is 0 Å². The molecule has 1 heterocycles. The van der Waals surface area contributed by atoms with Gasteiger partial charge in [-0.25, -0.2) is 13.1 Å². The van der Waals surface area contributed by atoms with Crippen LogP contribution in [-0.4, -0.2) is 47.5 Å². The van der Waals surface area contributed by atoms with Crippen molar-refractivity contribution in [2.45, 2.75) is 12.8 Å². The smallest absolute Gasteiger partial charge is 0.208 e. The minimum Gasteiger partial charge on any atom is -0.381 e. The van der Waals surface area contributed by atoms with Crippen LogP contribution in [0.15, 0.2) is 0 Å². The lowest BCUT2D eigenvalue weighted by Crippen LogP contribution is -2.35. The first-order chi connectivity index (χ1) is 7.08. The predicted molar refractivity (Wildman–Crippen MR) is 59.3 cm³/mol. The SMILES string of the molecule is CS(=O)(=O)NCCNCC1CCCOC1. The van der Waals surface area contributed by atoms with Gasteiger partial charge in [0.05, 0.1) is 12.9 Å². The van der Waals surface area contributed by atoms with Gasteiger partial charge in [0.2, 0.25) is 10.0 Å². The highest BCUT2D eigenvalue weighted by Crippen LogP contribution is 2.11. The van der Waals surface area contributed by atoms with Gasteiger partial charge in [-0.05, 0) is 18.8 Å². The molecule has 1 unspecified atom stereocenters. The molecule has 0 radical (unpaired) electrons. The lowest BCUT2D eigenvalue weighted by molar-refractivity contribution is 0.0550. The van der Waals surface area contributed by atoms with E-state index in [9.17, 15) is 8.42 Å². The number of nitrogens with one attached hydrogen (secondary N) is 2. The zero-order valence-corrected chi connectivity index (χ0v) is 9.98. The molecule has 1 aliphatic rings. The molecule has 0 aromatic rings. The Morgan fingerprint density at radius 1 is 1.40 bits per heavy atom. The van der Waals surface area contributed by atoms with Gasteiger partial charge in [0.1, 0.15) is 0 Å². The van der Waals surface area contributed by atoms with Gasteiger partial charge in [-0.1, -0.05) is 0 Å². The average Bonchev–Trinajstić information content (AvgIpc) is 2.17. The van der Waals surface area contributed by atoms with Crippen LogP contribution < -0.4 is 10.0 Å². The van der Waals surface area contributed by atoms with E-state index in [4.69, 9.17) is 4.74 Å². The van der Waals surface area contributed by atoms with Crippen LogP contribution in [-0.2, 0) is 14.8 Å². The Balaban J connectivity index is 1.96. The third-order valence-electron chi connectivity index (χ3n) is 2.35. The van der Waals surface area contributed by atoms with Crippen molar-refractivity contribution >= 4 is 10.0 Å². The Hall–Kier alpha value is -0.170. The second kappa shape index (κ2) is 6.42. The summed E-state index contributed by atoms with van der Waals surface area (Å²) in [5, 5.41) is 3.22. The van der Waals surface area contributed by atoms with Crippen molar-refractivity contribution in [1.29, 1.82) is 0 Å². The van der Waals surface area contributed by atoms with Crippen LogP contribution in [0.3, 0.4) is 0 Å². The van der Waals surface area contributed by atoms with Crippen molar-refractivity contribution in [2.24, 2.45) is 5.92 Å². The molecular formula is C9H20N2O3S. The summed E-state index contributed by atoms with van der Waals surface area (Å²) in [6.07, 6.45) is 3.50. The molecule has 0 aromatic carbocycles. The molecule has 1 rings (SSSR count). The molecule has 0 aromatic heterocycles. The first kappa shape index (κ1) is 12.9. The van der Waals surface area contributed by atoms with E-state index in [2.05, 4.69) is 10.0 Å². The Bertz CT molecular complexity index is 261. The molecule has 0 amide bonds. The van der Waals surface area contributed by atoms with Crippen molar-refractivity contribution in [1.82, 2.24) is 10.0 Å². The van der Waals surface area contributed by atoms with E-state index in [-0.39, 0.29) is 0 Å². The van der Waals surface area contributed by atoms with E-state index in [1.165, 1.54) is 12.7 Å². The molecule has 15 heavy (non-hydrogen) atoms. The van der Waals surface area contributed by atoms with Gasteiger partial charge in [0.25, 0.3) is 0 Å². The molecule has 0 saturated carbocycles. The summed E-state index contributed by atoms with van der Waals surface area (Å²) >= 11 is 0. The van der Waals surface area contributed by atoms with Crippen molar-refractivity contribution < 1.29 is 13.2 Å². The summed E-state index contributed by atoms with van der Waals surface area (Å²) < 4.78 is 29.3. The van der Waals surface area contributed by atoms with E-state index in [1.54, 1.807) is 0 Å². The average molecular weight is 236 g/mol. The summed E-state index contributed by atoms with van der Waals surface area (Å²) in [5.41, 5.74) is 0. The lowest BCUT2D eigenvalue weighted by Gasteiger charge is -2.22. The molecule has 90 valence electrons. The largest absolute Gasteiger partial charge is 0.381 e. The van der Waals surface area contributed by atoms with Gasteiger partial charge in [-0.3, -0.25) is 0 Å². The quantitative estimate of drug-likeness (QED) is 0.613. The highest BCUT2D eigenvalue weighted by molar-refractivity contribution is 7.88. The molecule has 1 saturated heterocycles. The van der Waals surface area contributed by atoms with Crippen LogP contribution in [0.4, 0.5) is 0 Å². The van der Waals surface area contributed by atoms with Crippen molar-refractivity contribution in [3.05, 3.63) is 0 Å². The molecule has 2 N–H and O–H groups in total. The maximum Gasteiger partial charge on any atom is 0.208 e. The third kappa shape index (κ3) is 6.83. The summed E-state index contributed by atoms with van der Waals surface area (Å²) in [4.78, 5) is 0. The van der Waals surface area contributed by atoms with Crippen LogP contribution in [0.5, 0.6) is 0 Å². The number of hydrogen-bond acceptors (Lipinski definition) is 4. The van der Waals surface area contributed by atoms with Crippen LogP contribution in [0, 0.1) is 5.92 Å². The Morgan fingerprint density at radius 3 is 2.80 bits per heavy atom. The van der Waals surface area contributed by atoms with E-state index < -0.39 is 10.0 Å². The standard InChI is InChI=1S/C9H20N2O3S/c1-15(12,13)11-5-4-10-7-9-3-2-6-14-8-9/h9-11H,2-8H2,1H3. The van der Waals surface area contributed by atoms with Gasteiger partial charge < -0.3 is 10.1 Å². The zero-order valence-electron chi connectivity index (χ0n) is 9.16. The van der Waals surface area contributed by atoms with Crippen LogP contribution in [0.1, 0.15) is 12.8 Å². The number of rotatable bonds is 6. The number of sulfonamides is 1. The van der Waals surface area contributed by atoms with Gasteiger partial charge in [-0.15, -0.1) is 0 Å². The molecule has 0 spiro atoms. The first-order valence-electron chi connectivity index (χ1n) is 5.31. The van der Waals surface area contributed by atoms with Gasteiger partial charge in [0, 0.05) is 26.2 Å². The fourth-order valence-corrected chi connectivity index (χ4v) is 2.07. The Morgan fingerprint density at radius 2 is 2.20 bits per heavy atom. The first-order valence-corrected chi connectivity index (χ1v) is 7.20. The third-order valence-corrected chi connectivity index (χ3v) is 3.08. The van der Waals surface area contributed by atoms with E-state index >= 15 is 0 Å². The molecule has 1 atom stereocenters.